The molecule has 0 saturated carbocycles. The highest BCUT2D eigenvalue weighted by Crippen LogP contribution is 2.20. The highest BCUT2D eigenvalue weighted by molar-refractivity contribution is 5.80. The minimum atomic E-state index is -1.28. The summed E-state index contributed by atoms with van der Waals surface area (Å²) in [6.45, 7) is 1.43. The van der Waals surface area contributed by atoms with E-state index in [4.69, 9.17) is 14.6 Å². The molecule has 0 aromatic rings. The summed E-state index contributed by atoms with van der Waals surface area (Å²) in [6, 6.07) is -0.600. The fourth-order valence-electron chi connectivity index (χ4n) is 1.92. The molecule has 0 radical (unpaired) electrons. The third kappa shape index (κ3) is 3.89. The van der Waals surface area contributed by atoms with Crippen molar-refractivity contribution in [2.45, 2.75) is 50.4 Å². The molecule has 1 rings (SSSR count). The number of nitrogens with one attached hydrogen (secondary N) is 1. The van der Waals surface area contributed by atoms with Crippen molar-refractivity contribution in [3.8, 4) is 0 Å². The molecule has 0 spiro atoms. The number of rotatable bonds is 5. The number of aliphatic hydroxyl groups excluding tert-OH is 3. The molecule has 1 fully saturated rings. The van der Waals surface area contributed by atoms with Gasteiger partial charge in [-0.15, -0.1) is 0 Å². The lowest BCUT2D eigenvalue weighted by atomic mass is 9.99. The second-order valence-electron chi connectivity index (χ2n) is 4.37. The van der Waals surface area contributed by atoms with Gasteiger partial charge < -0.3 is 30.1 Å². The predicted molar refractivity (Wildman–Crippen MR) is 61.6 cm³/mol. The van der Waals surface area contributed by atoms with Crippen molar-refractivity contribution >= 4 is 5.91 Å². The molecule has 0 aliphatic carbocycles. The number of aliphatic hydroxyl groups is 3. The van der Waals surface area contributed by atoms with E-state index in [2.05, 4.69) is 5.32 Å². The first-order chi connectivity index (χ1) is 8.49. The summed E-state index contributed by atoms with van der Waals surface area (Å²) >= 11 is 0. The number of amides is 1. The third-order valence-electron chi connectivity index (χ3n) is 3.00. The van der Waals surface area contributed by atoms with Gasteiger partial charge in [0.05, 0.1) is 18.2 Å². The van der Waals surface area contributed by atoms with Crippen molar-refractivity contribution in [1.82, 2.24) is 5.32 Å². The van der Waals surface area contributed by atoms with Crippen molar-refractivity contribution in [3.05, 3.63) is 0 Å². The average Bonchev–Trinajstić information content (AvgIpc) is 2.33. The van der Waals surface area contributed by atoms with Crippen LogP contribution < -0.4 is 5.32 Å². The molecule has 18 heavy (non-hydrogen) atoms. The maximum atomic E-state index is 11.6. The molecule has 1 saturated heterocycles. The first kappa shape index (κ1) is 15.3. The molecule has 4 N–H and O–H groups in total. The van der Waals surface area contributed by atoms with Crippen LogP contribution in [-0.2, 0) is 14.3 Å². The SMILES string of the molecule is COC1CC(O)C(NC(=O)C(O)CCO)C(C)O1. The van der Waals surface area contributed by atoms with Crippen LogP contribution in [0.2, 0.25) is 0 Å². The number of methoxy groups -OCH3 is 1. The van der Waals surface area contributed by atoms with Crippen LogP contribution in [0.4, 0.5) is 0 Å². The molecule has 0 bridgehead atoms. The zero-order valence-corrected chi connectivity index (χ0v) is 10.6. The van der Waals surface area contributed by atoms with Gasteiger partial charge >= 0.3 is 0 Å². The second-order valence-corrected chi connectivity index (χ2v) is 4.37. The Morgan fingerprint density at radius 2 is 2.28 bits per heavy atom. The van der Waals surface area contributed by atoms with E-state index in [0.29, 0.717) is 0 Å². The normalized spacial score (nSPS) is 34.1. The lowest BCUT2D eigenvalue weighted by Gasteiger charge is -2.38. The molecule has 0 aromatic carbocycles. The topological polar surface area (TPSA) is 108 Å². The fraction of sp³-hybridized carbons (Fsp3) is 0.909. The van der Waals surface area contributed by atoms with Gasteiger partial charge in [-0.3, -0.25) is 4.79 Å². The Bertz CT molecular complexity index is 262. The summed E-state index contributed by atoms with van der Waals surface area (Å²) < 4.78 is 10.4. The number of ether oxygens (including phenoxy) is 2. The van der Waals surface area contributed by atoms with E-state index >= 15 is 0 Å². The van der Waals surface area contributed by atoms with Gasteiger partial charge in [-0.25, -0.2) is 0 Å². The highest BCUT2D eigenvalue weighted by Gasteiger charge is 2.37. The largest absolute Gasteiger partial charge is 0.396 e. The maximum absolute atomic E-state index is 11.6. The summed E-state index contributed by atoms with van der Waals surface area (Å²) in [5.41, 5.74) is 0. The molecule has 1 aliphatic heterocycles. The molecule has 1 amide bonds. The molecule has 5 atom stereocenters. The van der Waals surface area contributed by atoms with Gasteiger partial charge in [-0.1, -0.05) is 0 Å². The van der Waals surface area contributed by atoms with E-state index in [-0.39, 0.29) is 19.4 Å². The summed E-state index contributed by atoms with van der Waals surface area (Å²) in [7, 11) is 1.48. The van der Waals surface area contributed by atoms with Gasteiger partial charge in [0.25, 0.3) is 0 Å². The maximum Gasteiger partial charge on any atom is 0.249 e. The highest BCUT2D eigenvalue weighted by atomic mass is 16.7. The first-order valence-electron chi connectivity index (χ1n) is 5.95. The number of hydrogen-bond donors (Lipinski definition) is 4. The van der Waals surface area contributed by atoms with Crippen molar-refractivity contribution in [2.75, 3.05) is 13.7 Å². The minimum Gasteiger partial charge on any atom is -0.396 e. The van der Waals surface area contributed by atoms with Gasteiger partial charge in [0, 0.05) is 26.6 Å². The average molecular weight is 263 g/mol. The van der Waals surface area contributed by atoms with Crippen LogP contribution in [0.15, 0.2) is 0 Å². The lowest BCUT2D eigenvalue weighted by Crippen LogP contribution is -2.58. The zero-order chi connectivity index (χ0) is 13.7. The monoisotopic (exact) mass is 263 g/mol. The predicted octanol–water partition coefficient (Wildman–Crippen LogP) is -1.64. The number of carbonyl (C=O) groups excluding carboxylic acids is 1. The summed E-state index contributed by atoms with van der Waals surface area (Å²) in [5, 5.41) is 30.4. The van der Waals surface area contributed by atoms with Gasteiger partial charge in [-0.05, 0) is 6.92 Å². The molecule has 1 aliphatic rings. The van der Waals surface area contributed by atoms with Crippen LogP contribution >= 0.6 is 0 Å². The molecule has 5 unspecified atom stereocenters. The minimum absolute atomic E-state index is 0.0371. The van der Waals surface area contributed by atoms with Gasteiger partial charge in [0.2, 0.25) is 5.91 Å². The Hall–Kier alpha value is -0.730. The van der Waals surface area contributed by atoms with Crippen molar-refractivity contribution in [3.63, 3.8) is 0 Å². The molecule has 7 heteroatoms. The van der Waals surface area contributed by atoms with Crippen molar-refractivity contribution in [2.24, 2.45) is 0 Å². The zero-order valence-electron chi connectivity index (χ0n) is 10.6. The van der Waals surface area contributed by atoms with Crippen LogP contribution in [-0.4, -0.2) is 65.6 Å². The summed E-state index contributed by atoms with van der Waals surface area (Å²) in [4.78, 5) is 11.6. The van der Waals surface area contributed by atoms with Crippen LogP contribution in [0.25, 0.3) is 0 Å². The molecule has 7 nitrogen and oxygen atoms in total. The molecule has 0 aromatic heterocycles. The van der Waals surface area contributed by atoms with Gasteiger partial charge in [0.1, 0.15) is 6.10 Å². The van der Waals surface area contributed by atoms with Crippen molar-refractivity contribution in [1.29, 1.82) is 0 Å². The Morgan fingerprint density at radius 3 is 2.78 bits per heavy atom. The molecular weight excluding hydrogens is 242 g/mol. The summed E-state index contributed by atoms with van der Waals surface area (Å²) in [5.74, 6) is -0.626. The van der Waals surface area contributed by atoms with E-state index < -0.39 is 36.6 Å². The van der Waals surface area contributed by atoms with E-state index in [9.17, 15) is 15.0 Å². The van der Waals surface area contributed by atoms with Gasteiger partial charge in [-0.2, -0.15) is 0 Å². The van der Waals surface area contributed by atoms with Crippen LogP contribution in [0, 0.1) is 0 Å². The first-order valence-corrected chi connectivity index (χ1v) is 5.95. The van der Waals surface area contributed by atoms with E-state index in [1.54, 1.807) is 6.92 Å². The van der Waals surface area contributed by atoms with Gasteiger partial charge in [0.15, 0.2) is 6.29 Å². The van der Waals surface area contributed by atoms with Crippen LogP contribution in [0.1, 0.15) is 19.8 Å². The Labute approximate surface area is 106 Å². The molecule has 1 heterocycles. The van der Waals surface area contributed by atoms with E-state index in [1.165, 1.54) is 7.11 Å². The molecule has 106 valence electrons. The molecular formula is C11H21NO6. The lowest BCUT2D eigenvalue weighted by molar-refractivity contribution is -0.210. The van der Waals surface area contributed by atoms with E-state index in [0.717, 1.165) is 0 Å². The van der Waals surface area contributed by atoms with Crippen LogP contribution in [0.3, 0.4) is 0 Å². The Balaban J connectivity index is 2.53. The number of carbonyl (C=O) groups is 1. The smallest absolute Gasteiger partial charge is 0.249 e. The Kier molecular flexibility index (Phi) is 5.97. The van der Waals surface area contributed by atoms with E-state index in [1.807, 2.05) is 0 Å². The fourth-order valence-corrected chi connectivity index (χ4v) is 1.92. The Morgan fingerprint density at radius 1 is 1.61 bits per heavy atom. The quantitative estimate of drug-likeness (QED) is 0.473. The standard InChI is InChI=1S/C11H21NO6/c1-6-10(8(15)5-9(17-2)18-6)12-11(16)7(14)3-4-13/h6-10,13-15H,3-5H2,1-2H3,(H,12,16). The summed E-state index contributed by atoms with van der Waals surface area (Å²) in [6.07, 6.45) is -2.79. The van der Waals surface area contributed by atoms with Crippen LogP contribution in [0.5, 0.6) is 0 Å². The number of hydrogen-bond acceptors (Lipinski definition) is 6. The third-order valence-corrected chi connectivity index (χ3v) is 3.00. The van der Waals surface area contributed by atoms with Crippen molar-refractivity contribution < 1.29 is 29.6 Å². The second kappa shape index (κ2) is 7.01.